The van der Waals surface area contributed by atoms with E-state index < -0.39 is 6.10 Å². The minimum Gasteiger partial charge on any atom is -0.392 e. The summed E-state index contributed by atoms with van der Waals surface area (Å²) in [7, 11) is 0. The Hall–Kier alpha value is -0.650. The van der Waals surface area contributed by atoms with E-state index in [0.29, 0.717) is 13.0 Å². The molecule has 0 aliphatic carbocycles. The molecule has 1 aromatic rings. The van der Waals surface area contributed by atoms with E-state index >= 15 is 0 Å². The van der Waals surface area contributed by atoms with Crippen molar-refractivity contribution in [3.8, 4) is 0 Å². The average molecular weight is 213 g/mol. The third kappa shape index (κ3) is 4.04. The molecule has 1 unspecified atom stereocenters. The SMILES string of the molecule is Cc1ccnc(SCCC(O)CN)n1. The molecule has 0 spiro atoms. The summed E-state index contributed by atoms with van der Waals surface area (Å²) >= 11 is 1.54. The van der Waals surface area contributed by atoms with E-state index in [1.54, 1.807) is 18.0 Å². The third-order valence-corrected chi connectivity index (χ3v) is 2.62. The van der Waals surface area contributed by atoms with E-state index in [1.807, 2.05) is 13.0 Å². The first-order valence-electron chi connectivity index (χ1n) is 4.53. The van der Waals surface area contributed by atoms with Crippen molar-refractivity contribution in [1.82, 2.24) is 9.97 Å². The fourth-order valence-corrected chi connectivity index (χ4v) is 1.82. The minimum atomic E-state index is -0.410. The number of thioether (sulfide) groups is 1. The molecule has 14 heavy (non-hydrogen) atoms. The van der Waals surface area contributed by atoms with Crippen molar-refractivity contribution < 1.29 is 5.11 Å². The van der Waals surface area contributed by atoms with Crippen LogP contribution in [0, 0.1) is 6.92 Å². The first-order chi connectivity index (χ1) is 6.72. The highest BCUT2D eigenvalue weighted by Crippen LogP contribution is 2.13. The summed E-state index contributed by atoms with van der Waals surface area (Å²) in [4.78, 5) is 8.34. The van der Waals surface area contributed by atoms with E-state index in [9.17, 15) is 5.11 Å². The second-order valence-corrected chi connectivity index (χ2v) is 4.07. The molecule has 0 amide bonds. The summed E-state index contributed by atoms with van der Waals surface area (Å²) < 4.78 is 0. The molecule has 3 N–H and O–H groups in total. The molecule has 1 rings (SSSR count). The molecule has 0 aliphatic heterocycles. The molecular formula is C9H15N3OS. The monoisotopic (exact) mass is 213 g/mol. The molecule has 0 fully saturated rings. The number of hydrogen-bond donors (Lipinski definition) is 2. The van der Waals surface area contributed by atoms with Gasteiger partial charge >= 0.3 is 0 Å². The number of hydrogen-bond acceptors (Lipinski definition) is 5. The predicted octanol–water partition coefficient (Wildman–Crippen LogP) is 0.587. The molecule has 0 bridgehead atoms. The highest BCUT2D eigenvalue weighted by atomic mass is 32.2. The second kappa shape index (κ2) is 5.95. The van der Waals surface area contributed by atoms with Crippen LogP contribution in [0.1, 0.15) is 12.1 Å². The van der Waals surface area contributed by atoms with Gasteiger partial charge in [-0.2, -0.15) is 0 Å². The van der Waals surface area contributed by atoms with Gasteiger partial charge in [-0.3, -0.25) is 0 Å². The van der Waals surface area contributed by atoms with Crippen LogP contribution in [0.3, 0.4) is 0 Å². The molecular weight excluding hydrogens is 198 g/mol. The van der Waals surface area contributed by atoms with E-state index in [-0.39, 0.29) is 0 Å². The Kier molecular flexibility index (Phi) is 4.86. The first-order valence-corrected chi connectivity index (χ1v) is 5.51. The Labute approximate surface area is 88.0 Å². The second-order valence-electron chi connectivity index (χ2n) is 3.01. The summed E-state index contributed by atoms with van der Waals surface area (Å²) in [6, 6.07) is 1.86. The lowest BCUT2D eigenvalue weighted by Crippen LogP contribution is -2.20. The lowest BCUT2D eigenvalue weighted by molar-refractivity contribution is 0.180. The quantitative estimate of drug-likeness (QED) is 0.553. The summed E-state index contributed by atoms with van der Waals surface area (Å²) in [5.74, 6) is 0.793. The number of aliphatic hydroxyl groups excluding tert-OH is 1. The molecule has 0 radical (unpaired) electrons. The Bertz CT molecular complexity index is 283. The molecule has 78 valence electrons. The fraction of sp³-hybridized carbons (Fsp3) is 0.556. The molecule has 1 atom stereocenters. The van der Waals surface area contributed by atoms with Crippen molar-refractivity contribution in [3.63, 3.8) is 0 Å². The number of rotatable bonds is 5. The Morgan fingerprint density at radius 3 is 3.07 bits per heavy atom. The maximum atomic E-state index is 9.21. The van der Waals surface area contributed by atoms with Crippen LogP contribution < -0.4 is 5.73 Å². The molecule has 0 aromatic carbocycles. The zero-order valence-electron chi connectivity index (χ0n) is 8.18. The van der Waals surface area contributed by atoms with Crippen molar-refractivity contribution in [3.05, 3.63) is 18.0 Å². The van der Waals surface area contributed by atoms with Crippen LogP contribution in [-0.2, 0) is 0 Å². The predicted molar refractivity (Wildman–Crippen MR) is 57.2 cm³/mol. The molecule has 4 nitrogen and oxygen atoms in total. The van der Waals surface area contributed by atoms with Gasteiger partial charge in [0.15, 0.2) is 5.16 Å². The van der Waals surface area contributed by atoms with Crippen molar-refractivity contribution in [2.24, 2.45) is 5.73 Å². The highest BCUT2D eigenvalue weighted by Gasteiger charge is 2.02. The number of aliphatic hydroxyl groups is 1. The van der Waals surface area contributed by atoms with Crippen LogP contribution >= 0.6 is 11.8 Å². The molecule has 0 saturated carbocycles. The van der Waals surface area contributed by atoms with E-state index in [0.717, 1.165) is 16.6 Å². The summed E-state index contributed by atoms with van der Waals surface area (Å²) in [5, 5.41) is 9.97. The van der Waals surface area contributed by atoms with E-state index in [4.69, 9.17) is 5.73 Å². The fourth-order valence-electron chi connectivity index (χ4n) is 0.900. The van der Waals surface area contributed by atoms with Crippen molar-refractivity contribution in [1.29, 1.82) is 0 Å². The van der Waals surface area contributed by atoms with Crippen molar-refractivity contribution in [2.45, 2.75) is 24.6 Å². The minimum absolute atomic E-state index is 0.315. The third-order valence-electron chi connectivity index (χ3n) is 1.73. The first kappa shape index (κ1) is 11.4. The number of nitrogens with zero attached hydrogens (tertiary/aromatic N) is 2. The summed E-state index contributed by atoms with van der Waals surface area (Å²) in [5.41, 5.74) is 6.25. The van der Waals surface area contributed by atoms with Crippen molar-refractivity contribution in [2.75, 3.05) is 12.3 Å². The largest absolute Gasteiger partial charge is 0.392 e. The summed E-state index contributed by atoms with van der Waals surface area (Å²) in [6.07, 6.45) is 2.01. The number of aryl methyl sites for hydroxylation is 1. The lowest BCUT2D eigenvalue weighted by Gasteiger charge is -2.05. The topological polar surface area (TPSA) is 72.0 Å². The van der Waals surface area contributed by atoms with Gasteiger partial charge in [0.05, 0.1) is 6.10 Å². The maximum Gasteiger partial charge on any atom is 0.187 e. The van der Waals surface area contributed by atoms with Crippen LogP contribution in [0.5, 0.6) is 0 Å². The lowest BCUT2D eigenvalue weighted by atomic mass is 10.3. The normalized spacial score (nSPS) is 12.8. The van der Waals surface area contributed by atoms with Gasteiger partial charge in [0.2, 0.25) is 0 Å². The molecule has 0 aliphatic rings. The molecule has 5 heteroatoms. The Morgan fingerprint density at radius 1 is 1.64 bits per heavy atom. The van der Waals surface area contributed by atoms with Gasteiger partial charge in [0.1, 0.15) is 0 Å². The van der Waals surface area contributed by atoms with Gasteiger partial charge in [-0.05, 0) is 19.4 Å². The Morgan fingerprint density at radius 2 is 2.43 bits per heavy atom. The number of nitrogens with two attached hydrogens (primary N) is 1. The van der Waals surface area contributed by atoms with Gasteiger partial charge in [0.25, 0.3) is 0 Å². The van der Waals surface area contributed by atoms with Gasteiger partial charge in [-0.25, -0.2) is 9.97 Å². The van der Waals surface area contributed by atoms with Crippen LogP contribution in [0.15, 0.2) is 17.4 Å². The smallest absolute Gasteiger partial charge is 0.187 e. The zero-order valence-corrected chi connectivity index (χ0v) is 9.00. The number of aromatic nitrogens is 2. The van der Waals surface area contributed by atoms with Gasteiger partial charge in [-0.15, -0.1) is 0 Å². The van der Waals surface area contributed by atoms with E-state index in [2.05, 4.69) is 9.97 Å². The van der Waals surface area contributed by atoms with E-state index in [1.165, 1.54) is 0 Å². The van der Waals surface area contributed by atoms with Gasteiger partial charge < -0.3 is 10.8 Å². The maximum absolute atomic E-state index is 9.21. The standard InChI is InChI=1S/C9H15N3OS/c1-7-2-4-11-9(12-7)14-5-3-8(13)6-10/h2,4,8,13H,3,5-6,10H2,1H3. The van der Waals surface area contributed by atoms with Crippen LogP contribution in [0.2, 0.25) is 0 Å². The summed E-state index contributed by atoms with van der Waals surface area (Å²) in [6.45, 7) is 2.25. The Balaban J connectivity index is 2.31. The zero-order chi connectivity index (χ0) is 10.4. The van der Waals surface area contributed by atoms with Crippen LogP contribution in [0.25, 0.3) is 0 Å². The van der Waals surface area contributed by atoms with Gasteiger partial charge in [-0.1, -0.05) is 11.8 Å². The van der Waals surface area contributed by atoms with Crippen LogP contribution in [0.4, 0.5) is 0 Å². The van der Waals surface area contributed by atoms with Crippen LogP contribution in [-0.4, -0.2) is 33.5 Å². The average Bonchev–Trinajstić information content (AvgIpc) is 2.17. The van der Waals surface area contributed by atoms with Crippen molar-refractivity contribution >= 4 is 11.8 Å². The highest BCUT2D eigenvalue weighted by molar-refractivity contribution is 7.99. The molecule has 1 aromatic heterocycles. The van der Waals surface area contributed by atoms with Gasteiger partial charge in [0, 0.05) is 24.2 Å². The molecule has 0 saturated heterocycles. The molecule has 1 heterocycles.